The highest BCUT2D eigenvalue weighted by Gasteiger charge is 2.20. The van der Waals surface area contributed by atoms with Gasteiger partial charge in [0.15, 0.2) is 0 Å². The molecule has 2 aromatic heterocycles. The molecule has 0 saturated carbocycles. The number of nitrogens with zero attached hydrogens (tertiary/aromatic N) is 3. The third-order valence-electron chi connectivity index (χ3n) is 4.16. The Morgan fingerprint density at radius 1 is 1.12 bits per heavy atom. The van der Waals surface area contributed by atoms with Gasteiger partial charge in [0.2, 0.25) is 0 Å². The summed E-state index contributed by atoms with van der Waals surface area (Å²) >= 11 is 0. The second-order valence-electron chi connectivity index (χ2n) is 5.55. The van der Waals surface area contributed by atoms with Gasteiger partial charge in [-0.25, -0.2) is 4.98 Å². The number of nitrogens with one attached hydrogen (secondary N) is 1. The average molecular weight is 318 g/mol. The van der Waals surface area contributed by atoms with Crippen molar-refractivity contribution in [1.29, 1.82) is 0 Å². The summed E-state index contributed by atoms with van der Waals surface area (Å²) in [6.45, 7) is 0. The second-order valence-corrected chi connectivity index (χ2v) is 5.55. The smallest absolute Gasteiger partial charge is 0.269 e. The van der Waals surface area contributed by atoms with Crippen molar-refractivity contribution in [2.75, 3.05) is 0 Å². The number of nitro groups is 1. The van der Waals surface area contributed by atoms with Gasteiger partial charge < -0.3 is 9.55 Å². The minimum atomic E-state index is -0.387. The van der Waals surface area contributed by atoms with Gasteiger partial charge in [-0.3, -0.25) is 10.1 Å². The van der Waals surface area contributed by atoms with Gasteiger partial charge in [-0.15, -0.1) is 0 Å². The van der Waals surface area contributed by atoms with Gasteiger partial charge in [0.1, 0.15) is 0 Å². The van der Waals surface area contributed by atoms with E-state index in [1.807, 2.05) is 35.2 Å². The number of H-pyrrole nitrogens is 1. The molecule has 6 heteroatoms. The molecule has 0 aliphatic rings. The van der Waals surface area contributed by atoms with Crippen LogP contribution in [0.2, 0.25) is 0 Å². The molecule has 1 atom stereocenters. The predicted molar refractivity (Wildman–Crippen MR) is 90.9 cm³/mol. The molecule has 6 nitrogen and oxygen atoms in total. The Balaban J connectivity index is 1.88. The van der Waals surface area contributed by atoms with Crippen LogP contribution in [0.25, 0.3) is 10.9 Å². The molecule has 4 rings (SSSR count). The lowest BCUT2D eigenvalue weighted by atomic mass is 9.97. The number of hydrogen-bond donors (Lipinski definition) is 1. The minimum absolute atomic E-state index is 0.0852. The highest BCUT2D eigenvalue weighted by Crippen LogP contribution is 2.32. The first-order valence-corrected chi connectivity index (χ1v) is 7.52. The fraction of sp³-hybridized carbons (Fsp3) is 0.0556. The Hall–Kier alpha value is -3.41. The van der Waals surface area contributed by atoms with E-state index in [1.165, 1.54) is 12.1 Å². The van der Waals surface area contributed by atoms with Gasteiger partial charge in [-0.05, 0) is 23.8 Å². The number of non-ortho nitro benzene ring substituents is 1. The number of hydrogen-bond acceptors (Lipinski definition) is 3. The number of para-hydroxylation sites is 1. The van der Waals surface area contributed by atoms with Gasteiger partial charge in [0, 0.05) is 47.2 Å². The minimum Gasteiger partial charge on any atom is -0.361 e. The van der Waals surface area contributed by atoms with E-state index in [1.54, 1.807) is 24.7 Å². The topological polar surface area (TPSA) is 76.8 Å². The van der Waals surface area contributed by atoms with Crippen LogP contribution in [0.1, 0.15) is 17.2 Å². The summed E-state index contributed by atoms with van der Waals surface area (Å²) in [5, 5.41) is 12.0. The van der Waals surface area contributed by atoms with Crippen LogP contribution in [-0.4, -0.2) is 19.5 Å². The van der Waals surface area contributed by atoms with Crippen molar-refractivity contribution in [3.05, 3.63) is 94.7 Å². The summed E-state index contributed by atoms with van der Waals surface area (Å²) in [5.74, 6) is 0. The standard InChI is InChI=1S/C18H14N4O2/c23-22(24)14-7-5-13(6-8-14)18(21-10-9-19-12-21)16-11-20-17-4-2-1-3-15(16)17/h1-12,18,20H. The van der Waals surface area contributed by atoms with Crippen LogP contribution in [0.4, 0.5) is 5.69 Å². The number of imidazole rings is 1. The highest BCUT2D eigenvalue weighted by atomic mass is 16.6. The maximum atomic E-state index is 10.9. The maximum Gasteiger partial charge on any atom is 0.269 e. The molecule has 118 valence electrons. The number of nitro benzene ring substituents is 1. The summed E-state index contributed by atoms with van der Waals surface area (Å²) in [4.78, 5) is 17.9. The van der Waals surface area contributed by atoms with E-state index in [0.29, 0.717) is 0 Å². The quantitative estimate of drug-likeness (QED) is 0.458. The van der Waals surface area contributed by atoms with E-state index >= 15 is 0 Å². The van der Waals surface area contributed by atoms with E-state index in [0.717, 1.165) is 22.0 Å². The predicted octanol–water partition coefficient (Wildman–Crippen LogP) is 3.91. The van der Waals surface area contributed by atoms with Gasteiger partial charge in [-0.1, -0.05) is 18.2 Å². The van der Waals surface area contributed by atoms with E-state index in [4.69, 9.17) is 0 Å². The van der Waals surface area contributed by atoms with Crippen molar-refractivity contribution in [2.45, 2.75) is 6.04 Å². The fourth-order valence-corrected chi connectivity index (χ4v) is 3.03. The lowest BCUT2D eigenvalue weighted by Crippen LogP contribution is -2.10. The van der Waals surface area contributed by atoms with E-state index in [-0.39, 0.29) is 16.7 Å². The zero-order valence-corrected chi connectivity index (χ0v) is 12.7. The molecular formula is C18H14N4O2. The molecule has 0 aliphatic carbocycles. The molecule has 2 heterocycles. The summed E-state index contributed by atoms with van der Waals surface area (Å²) in [7, 11) is 0. The van der Waals surface area contributed by atoms with Crippen LogP contribution in [0.15, 0.2) is 73.4 Å². The van der Waals surface area contributed by atoms with Crippen LogP contribution in [0.3, 0.4) is 0 Å². The Morgan fingerprint density at radius 2 is 1.92 bits per heavy atom. The molecule has 4 aromatic rings. The summed E-state index contributed by atoms with van der Waals surface area (Å²) in [6.07, 6.45) is 7.37. The Morgan fingerprint density at radius 3 is 2.62 bits per heavy atom. The molecule has 0 aliphatic heterocycles. The largest absolute Gasteiger partial charge is 0.361 e. The van der Waals surface area contributed by atoms with Crippen molar-refractivity contribution in [3.8, 4) is 0 Å². The first-order chi connectivity index (χ1) is 11.7. The van der Waals surface area contributed by atoms with Crippen molar-refractivity contribution in [2.24, 2.45) is 0 Å². The summed E-state index contributed by atoms with van der Waals surface area (Å²) in [6, 6.07) is 14.6. The molecule has 2 aromatic carbocycles. The van der Waals surface area contributed by atoms with Crippen LogP contribution in [0.5, 0.6) is 0 Å². The number of aromatic amines is 1. The van der Waals surface area contributed by atoms with Gasteiger partial charge in [0.25, 0.3) is 5.69 Å². The zero-order chi connectivity index (χ0) is 16.5. The van der Waals surface area contributed by atoms with Crippen molar-refractivity contribution < 1.29 is 4.92 Å². The van der Waals surface area contributed by atoms with E-state index < -0.39 is 0 Å². The Labute approximate surface area is 137 Å². The number of aromatic nitrogens is 3. The van der Waals surface area contributed by atoms with Gasteiger partial charge >= 0.3 is 0 Å². The van der Waals surface area contributed by atoms with Crippen LogP contribution in [0, 0.1) is 10.1 Å². The van der Waals surface area contributed by atoms with Crippen LogP contribution >= 0.6 is 0 Å². The number of fused-ring (bicyclic) bond motifs is 1. The Kier molecular flexibility index (Phi) is 3.35. The lowest BCUT2D eigenvalue weighted by Gasteiger charge is -2.18. The molecule has 0 spiro atoms. The average Bonchev–Trinajstić information content (AvgIpc) is 3.27. The van der Waals surface area contributed by atoms with Crippen molar-refractivity contribution >= 4 is 16.6 Å². The first-order valence-electron chi connectivity index (χ1n) is 7.52. The molecule has 24 heavy (non-hydrogen) atoms. The first kappa shape index (κ1) is 14.2. The van der Waals surface area contributed by atoms with E-state index in [9.17, 15) is 10.1 Å². The van der Waals surface area contributed by atoms with Crippen LogP contribution in [-0.2, 0) is 0 Å². The molecule has 0 radical (unpaired) electrons. The molecule has 0 amide bonds. The van der Waals surface area contributed by atoms with Crippen LogP contribution < -0.4 is 0 Å². The molecule has 0 bridgehead atoms. The summed E-state index contributed by atoms with van der Waals surface area (Å²) in [5.41, 5.74) is 3.20. The molecule has 0 saturated heterocycles. The Bertz CT molecular complexity index is 987. The maximum absolute atomic E-state index is 10.9. The second kappa shape index (κ2) is 5.66. The third-order valence-corrected chi connectivity index (χ3v) is 4.16. The molecular weight excluding hydrogens is 304 g/mol. The number of benzene rings is 2. The van der Waals surface area contributed by atoms with Gasteiger partial charge in [0.05, 0.1) is 17.3 Å². The lowest BCUT2D eigenvalue weighted by molar-refractivity contribution is -0.384. The SMILES string of the molecule is O=[N+]([O-])c1ccc(C(c2c[nH]c3ccccc23)n2ccnc2)cc1. The zero-order valence-electron chi connectivity index (χ0n) is 12.7. The highest BCUT2D eigenvalue weighted by molar-refractivity contribution is 5.84. The third kappa shape index (κ3) is 2.34. The van der Waals surface area contributed by atoms with E-state index in [2.05, 4.69) is 16.0 Å². The molecule has 1 N–H and O–H groups in total. The monoisotopic (exact) mass is 318 g/mol. The normalized spacial score (nSPS) is 12.3. The molecule has 0 fully saturated rings. The number of rotatable bonds is 4. The fourth-order valence-electron chi connectivity index (χ4n) is 3.03. The molecule has 1 unspecified atom stereocenters. The van der Waals surface area contributed by atoms with Crippen molar-refractivity contribution in [1.82, 2.24) is 14.5 Å². The van der Waals surface area contributed by atoms with Gasteiger partial charge in [-0.2, -0.15) is 0 Å². The summed E-state index contributed by atoms with van der Waals surface area (Å²) < 4.78 is 2.00. The van der Waals surface area contributed by atoms with Crippen molar-refractivity contribution in [3.63, 3.8) is 0 Å².